The molecule has 1 aliphatic rings. The third kappa shape index (κ3) is 4.44. The van der Waals surface area contributed by atoms with Crippen LogP contribution in [0, 0.1) is 5.92 Å². The van der Waals surface area contributed by atoms with Gasteiger partial charge in [0.1, 0.15) is 6.04 Å². The summed E-state index contributed by atoms with van der Waals surface area (Å²) in [4.78, 5) is 34.1. The number of ether oxygens (including phenoxy) is 2. The van der Waals surface area contributed by atoms with E-state index in [0.29, 0.717) is 12.8 Å². The molecule has 0 aromatic rings. The lowest BCUT2D eigenvalue weighted by molar-refractivity contribution is -0.163. The SMILES string of the molecule is COC(=O)CCC(C)C(=O)OC(=O)[C@@H]1CCCN1. The minimum Gasteiger partial charge on any atom is -0.469 e. The first kappa shape index (κ1) is 14.6. The van der Waals surface area contributed by atoms with Gasteiger partial charge in [0.05, 0.1) is 13.0 Å². The maximum absolute atomic E-state index is 11.6. The fourth-order valence-electron chi connectivity index (χ4n) is 1.71. The molecule has 1 heterocycles. The van der Waals surface area contributed by atoms with E-state index >= 15 is 0 Å². The van der Waals surface area contributed by atoms with Gasteiger partial charge in [0.2, 0.25) is 0 Å². The van der Waals surface area contributed by atoms with Crippen LogP contribution in [0.25, 0.3) is 0 Å². The average molecular weight is 257 g/mol. The molecule has 6 heteroatoms. The van der Waals surface area contributed by atoms with Crippen molar-refractivity contribution >= 4 is 17.9 Å². The van der Waals surface area contributed by atoms with Gasteiger partial charge < -0.3 is 14.8 Å². The van der Waals surface area contributed by atoms with Crippen molar-refractivity contribution in [1.82, 2.24) is 5.32 Å². The molecule has 1 saturated heterocycles. The second-order valence-corrected chi connectivity index (χ2v) is 4.40. The van der Waals surface area contributed by atoms with E-state index in [0.717, 1.165) is 13.0 Å². The van der Waals surface area contributed by atoms with E-state index in [1.807, 2.05) is 0 Å². The molecule has 18 heavy (non-hydrogen) atoms. The molecule has 2 atom stereocenters. The van der Waals surface area contributed by atoms with Crippen molar-refractivity contribution in [2.75, 3.05) is 13.7 Å². The Bertz CT molecular complexity index is 322. The first-order valence-electron chi connectivity index (χ1n) is 6.10. The van der Waals surface area contributed by atoms with Crippen LogP contribution < -0.4 is 5.32 Å². The fraction of sp³-hybridized carbons (Fsp3) is 0.750. The van der Waals surface area contributed by atoms with E-state index < -0.39 is 17.9 Å². The zero-order valence-electron chi connectivity index (χ0n) is 10.7. The van der Waals surface area contributed by atoms with Crippen molar-refractivity contribution in [2.45, 2.75) is 38.6 Å². The van der Waals surface area contributed by atoms with Crippen molar-refractivity contribution in [3.8, 4) is 0 Å². The minimum atomic E-state index is -0.586. The molecule has 1 rings (SSSR count). The van der Waals surface area contributed by atoms with E-state index in [1.54, 1.807) is 6.92 Å². The fourth-order valence-corrected chi connectivity index (χ4v) is 1.71. The number of methoxy groups -OCH3 is 1. The van der Waals surface area contributed by atoms with Crippen LogP contribution in [0.4, 0.5) is 0 Å². The molecule has 0 spiro atoms. The molecular formula is C12H19NO5. The van der Waals surface area contributed by atoms with E-state index in [9.17, 15) is 14.4 Å². The summed E-state index contributed by atoms with van der Waals surface area (Å²) in [5.74, 6) is -1.98. The third-order valence-corrected chi connectivity index (χ3v) is 2.96. The molecule has 1 aliphatic heterocycles. The number of hydrogen-bond donors (Lipinski definition) is 1. The maximum atomic E-state index is 11.6. The van der Waals surface area contributed by atoms with Crippen molar-refractivity contribution in [3.05, 3.63) is 0 Å². The van der Waals surface area contributed by atoms with Gasteiger partial charge in [-0.05, 0) is 25.8 Å². The quantitative estimate of drug-likeness (QED) is 0.567. The minimum absolute atomic E-state index is 0.142. The van der Waals surface area contributed by atoms with Gasteiger partial charge >= 0.3 is 17.9 Å². The van der Waals surface area contributed by atoms with Gasteiger partial charge in [0, 0.05) is 6.42 Å². The summed E-state index contributed by atoms with van der Waals surface area (Å²) < 4.78 is 9.24. The Balaban J connectivity index is 2.30. The molecule has 0 bridgehead atoms. The van der Waals surface area contributed by atoms with Crippen LogP contribution in [-0.2, 0) is 23.9 Å². The summed E-state index contributed by atoms with van der Waals surface area (Å²) in [6, 6.07) is -0.373. The van der Waals surface area contributed by atoms with E-state index in [2.05, 4.69) is 10.1 Å². The van der Waals surface area contributed by atoms with Crippen LogP contribution in [0.3, 0.4) is 0 Å². The average Bonchev–Trinajstić information content (AvgIpc) is 2.89. The van der Waals surface area contributed by atoms with Crippen LogP contribution >= 0.6 is 0 Å². The Morgan fingerprint density at radius 3 is 2.67 bits per heavy atom. The zero-order chi connectivity index (χ0) is 13.5. The molecule has 1 N–H and O–H groups in total. The van der Waals surface area contributed by atoms with E-state index in [-0.39, 0.29) is 18.4 Å². The molecule has 0 aliphatic carbocycles. The summed E-state index contributed by atoms with van der Waals surface area (Å²) >= 11 is 0. The number of hydrogen-bond acceptors (Lipinski definition) is 6. The molecule has 1 fully saturated rings. The lowest BCUT2D eigenvalue weighted by atomic mass is 10.1. The molecule has 1 unspecified atom stereocenters. The number of rotatable bonds is 5. The van der Waals surface area contributed by atoms with Gasteiger partial charge in [-0.25, -0.2) is 4.79 Å². The monoisotopic (exact) mass is 257 g/mol. The van der Waals surface area contributed by atoms with Gasteiger partial charge in [-0.3, -0.25) is 9.59 Å². The lowest BCUT2D eigenvalue weighted by Crippen LogP contribution is -2.35. The molecule has 0 saturated carbocycles. The van der Waals surface area contributed by atoms with E-state index in [1.165, 1.54) is 7.11 Å². The number of esters is 3. The highest BCUT2D eigenvalue weighted by molar-refractivity contribution is 5.89. The van der Waals surface area contributed by atoms with Gasteiger partial charge in [-0.15, -0.1) is 0 Å². The molecular weight excluding hydrogens is 238 g/mol. The molecule has 6 nitrogen and oxygen atoms in total. The summed E-state index contributed by atoms with van der Waals surface area (Å²) in [6.45, 7) is 2.40. The van der Waals surface area contributed by atoms with Crippen molar-refractivity contribution < 1.29 is 23.9 Å². The Hall–Kier alpha value is -1.43. The highest BCUT2D eigenvalue weighted by Gasteiger charge is 2.27. The summed E-state index contributed by atoms with van der Waals surface area (Å²) in [6.07, 6.45) is 2.06. The highest BCUT2D eigenvalue weighted by atomic mass is 16.6. The first-order valence-corrected chi connectivity index (χ1v) is 6.10. The van der Waals surface area contributed by atoms with Crippen molar-refractivity contribution in [1.29, 1.82) is 0 Å². The largest absolute Gasteiger partial charge is 0.469 e. The predicted molar refractivity (Wildman–Crippen MR) is 62.5 cm³/mol. The number of carbonyl (C=O) groups excluding carboxylic acids is 3. The van der Waals surface area contributed by atoms with Crippen LogP contribution in [0.15, 0.2) is 0 Å². The Morgan fingerprint density at radius 1 is 1.39 bits per heavy atom. The summed E-state index contributed by atoms with van der Waals surface area (Å²) in [5.41, 5.74) is 0. The molecule has 0 amide bonds. The summed E-state index contributed by atoms with van der Waals surface area (Å²) in [5, 5.41) is 2.96. The zero-order valence-corrected chi connectivity index (χ0v) is 10.7. The van der Waals surface area contributed by atoms with Crippen molar-refractivity contribution in [2.24, 2.45) is 5.92 Å². The normalized spacial score (nSPS) is 20.2. The summed E-state index contributed by atoms with van der Waals surface area (Å²) in [7, 11) is 1.29. The van der Waals surface area contributed by atoms with Crippen LogP contribution in [0.1, 0.15) is 32.6 Å². The molecule has 0 aromatic heterocycles. The Morgan fingerprint density at radius 2 is 2.11 bits per heavy atom. The second-order valence-electron chi connectivity index (χ2n) is 4.40. The van der Waals surface area contributed by atoms with Crippen LogP contribution in [0.2, 0.25) is 0 Å². The van der Waals surface area contributed by atoms with Crippen LogP contribution in [-0.4, -0.2) is 37.6 Å². The van der Waals surface area contributed by atoms with Gasteiger partial charge in [-0.1, -0.05) is 6.92 Å². The molecule has 0 aromatic carbocycles. The smallest absolute Gasteiger partial charge is 0.330 e. The lowest BCUT2D eigenvalue weighted by Gasteiger charge is -2.12. The van der Waals surface area contributed by atoms with Crippen LogP contribution in [0.5, 0.6) is 0 Å². The number of carbonyl (C=O) groups is 3. The molecule has 102 valence electrons. The number of nitrogens with one attached hydrogen (secondary N) is 1. The Kier molecular flexibility index (Phi) is 5.77. The third-order valence-electron chi connectivity index (χ3n) is 2.96. The topological polar surface area (TPSA) is 81.7 Å². The van der Waals surface area contributed by atoms with Crippen molar-refractivity contribution in [3.63, 3.8) is 0 Å². The van der Waals surface area contributed by atoms with Gasteiger partial charge in [0.25, 0.3) is 0 Å². The maximum Gasteiger partial charge on any atom is 0.330 e. The second kappa shape index (κ2) is 7.10. The predicted octanol–water partition coefficient (Wildman–Crippen LogP) is 0.397. The van der Waals surface area contributed by atoms with E-state index in [4.69, 9.17) is 4.74 Å². The Labute approximate surface area is 106 Å². The van der Waals surface area contributed by atoms with Gasteiger partial charge in [0.15, 0.2) is 0 Å². The highest BCUT2D eigenvalue weighted by Crippen LogP contribution is 2.11. The van der Waals surface area contributed by atoms with Gasteiger partial charge in [-0.2, -0.15) is 0 Å². The molecule has 0 radical (unpaired) electrons. The standard InChI is InChI=1S/C12H19NO5/c1-8(5-6-10(14)17-2)11(15)18-12(16)9-4-3-7-13-9/h8-9,13H,3-7H2,1-2H3/t8?,9-/m0/s1. The first-order chi connectivity index (χ1) is 8.54.